The van der Waals surface area contributed by atoms with Crippen LogP contribution in [0.5, 0.6) is 5.88 Å². The highest BCUT2D eigenvalue weighted by Crippen LogP contribution is 2.33. The largest absolute Gasteiger partial charge is 0.480 e. The lowest BCUT2D eigenvalue weighted by atomic mass is 10.0. The summed E-state index contributed by atoms with van der Waals surface area (Å²) in [6, 6.07) is 9.50. The van der Waals surface area contributed by atoms with Crippen molar-refractivity contribution >= 4 is 11.6 Å². The molecule has 152 valence electrons. The Hall–Kier alpha value is -3.43. The molecule has 0 bridgehead atoms. The maximum Gasteiger partial charge on any atom is 0.434 e. The van der Waals surface area contributed by atoms with Gasteiger partial charge in [0.25, 0.3) is 5.91 Å². The number of aromatic nitrogens is 4. The predicted octanol–water partition coefficient (Wildman–Crippen LogP) is 4.07. The molecule has 2 heterocycles. The lowest BCUT2D eigenvalue weighted by Gasteiger charge is -2.12. The Balaban J connectivity index is 1.94. The average Bonchev–Trinajstić information content (AvgIpc) is 3.14. The second-order valence-corrected chi connectivity index (χ2v) is 6.48. The summed E-state index contributed by atoms with van der Waals surface area (Å²) in [4.78, 5) is 12.5. The number of rotatable bonds is 5. The van der Waals surface area contributed by atoms with Crippen molar-refractivity contribution < 1.29 is 22.7 Å². The van der Waals surface area contributed by atoms with E-state index in [-0.39, 0.29) is 11.7 Å². The molecule has 0 saturated carbocycles. The highest BCUT2D eigenvalue weighted by Gasteiger charge is 2.41. The lowest BCUT2D eigenvalue weighted by molar-refractivity contribution is -0.143. The van der Waals surface area contributed by atoms with Crippen LogP contribution in [0.1, 0.15) is 41.4 Å². The van der Waals surface area contributed by atoms with Crippen molar-refractivity contribution in [3.63, 3.8) is 0 Å². The predicted molar refractivity (Wildman–Crippen MR) is 99.2 cm³/mol. The van der Waals surface area contributed by atoms with E-state index >= 15 is 0 Å². The second kappa shape index (κ2) is 7.90. The van der Waals surface area contributed by atoms with Gasteiger partial charge in [0.2, 0.25) is 5.88 Å². The number of halogens is 3. The van der Waals surface area contributed by atoms with Gasteiger partial charge < -0.3 is 10.1 Å². The van der Waals surface area contributed by atoms with Gasteiger partial charge in [0.1, 0.15) is 0 Å². The number of alkyl halides is 3. The highest BCUT2D eigenvalue weighted by atomic mass is 19.4. The van der Waals surface area contributed by atoms with Crippen LogP contribution in [0.3, 0.4) is 0 Å². The SMILES string of the molecule is COc1ccc(-n2ncc(C(=O)Nc3ccc(C(C)C)cc3)c2C(F)(F)F)nn1. The van der Waals surface area contributed by atoms with Crippen molar-refractivity contribution in [1.82, 2.24) is 20.0 Å². The summed E-state index contributed by atoms with van der Waals surface area (Å²) in [6.07, 6.45) is -3.99. The maximum atomic E-state index is 13.7. The van der Waals surface area contributed by atoms with Gasteiger partial charge in [-0.15, -0.1) is 10.2 Å². The molecule has 0 spiro atoms. The van der Waals surface area contributed by atoms with Crippen molar-refractivity contribution in [1.29, 1.82) is 0 Å². The van der Waals surface area contributed by atoms with Crippen molar-refractivity contribution in [2.45, 2.75) is 25.9 Å². The first-order valence-electron chi connectivity index (χ1n) is 8.65. The van der Waals surface area contributed by atoms with E-state index < -0.39 is 23.3 Å². The van der Waals surface area contributed by atoms with Crippen LogP contribution in [-0.2, 0) is 6.18 Å². The number of methoxy groups -OCH3 is 1. The Morgan fingerprint density at radius 1 is 1.10 bits per heavy atom. The van der Waals surface area contributed by atoms with E-state index in [0.29, 0.717) is 16.3 Å². The average molecular weight is 405 g/mol. The van der Waals surface area contributed by atoms with E-state index in [4.69, 9.17) is 4.74 Å². The van der Waals surface area contributed by atoms with Gasteiger partial charge in [-0.1, -0.05) is 26.0 Å². The summed E-state index contributed by atoms with van der Waals surface area (Å²) in [5, 5.41) is 13.5. The zero-order chi connectivity index (χ0) is 21.2. The molecule has 10 heteroatoms. The number of nitrogens with one attached hydrogen (secondary N) is 1. The van der Waals surface area contributed by atoms with E-state index in [1.165, 1.54) is 19.2 Å². The van der Waals surface area contributed by atoms with Crippen LogP contribution < -0.4 is 10.1 Å². The molecule has 1 aromatic carbocycles. The van der Waals surface area contributed by atoms with Gasteiger partial charge in [-0.25, -0.2) is 4.68 Å². The van der Waals surface area contributed by atoms with Crippen LogP contribution >= 0.6 is 0 Å². The van der Waals surface area contributed by atoms with Crippen molar-refractivity contribution in [3.8, 4) is 11.7 Å². The molecule has 3 aromatic rings. The number of benzene rings is 1. The number of hydrogen-bond donors (Lipinski definition) is 1. The first-order valence-corrected chi connectivity index (χ1v) is 8.65. The van der Waals surface area contributed by atoms with Gasteiger partial charge in [0.15, 0.2) is 11.5 Å². The van der Waals surface area contributed by atoms with Crippen LogP contribution in [0.15, 0.2) is 42.6 Å². The van der Waals surface area contributed by atoms with Gasteiger partial charge in [-0.05, 0) is 29.7 Å². The Bertz CT molecular complexity index is 996. The van der Waals surface area contributed by atoms with Crippen LogP contribution in [0.25, 0.3) is 5.82 Å². The number of amides is 1. The van der Waals surface area contributed by atoms with Crippen molar-refractivity contribution in [3.05, 3.63) is 59.4 Å². The zero-order valence-corrected chi connectivity index (χ0v) is 15.9. The molecule has 7 nitrogen and oxygen atoms in total. The molecule has 0 saturated heterocycles. The zero-order valence-electron chi connectivity index (χ0n) is 15.9. The van der Waals surface area contributed by atoms with Gasteiger partial charge in [-0.2, -0.15) is 18.3 Å². The van der Waals surface area contributed by atoms with Crippen LogP contribution in [0, 0.1) is 0 Å². The Morgan fingerprint density at radius 2 is 1.79 bits per heavy atom. The summed E-state index contributed by atoms with van der Waals surface area (Å²) in [5.41, 5.74) is -0.439. The van der Waals surface area contributed by atoms with Crippen molar-refractivity contribution in [2.24, 2.45) is 0 Å². The summed E-state index contributed by atoms with van der Waals surface area (Å²) in [7, 11) is 1.36. The Labute approximate surface area is 164 Å². The molecular formula is C19H18F3N5O2. The lowest BCUT2D eigenvalue weighted by Crippen LogP contribution is -2.21. The van der Waals surface area contributed by atoms with E-state index in [2.05, 4.69) is 20.6 Å². The summed E-state index contributed by atoms with van der Waals surface area (Å²) >= 11 is 0. The minimum Gasteiger partial charge on any atom is -0.480 e. The molecule has 0 atom stereocenters. The molecule has 0 radical (unpaired) electrons. The fraction of sp³-hybridized carbons (Fsp3) is 0.263. The normalized spacial score (nSPS) is 11.6. The van der Waals surface area contributed by atoms with Crippen molar-refractivity contribution in [2.75, 3.05) is 12.4 Å². The highest BCUT2D eigenvalue weighted by molar-refractivity contribution is 6.05. The number of ether oxygens (including phenoxy) is 1. The van der Waals surface area contributed by atoms with Gasteiger partial charge >= 0.3 is 6.18 Å². The van der Waals surface area contributed by atoms with Crippen LogP contribution in [0.2, 0.25) is 0 Å². The fourth-order valence-corrected chi connectivity index (χ4v) is 2.65. The number of carbonyl (C=O) groups excluding carboxylic acids is 1. The molecule has 29 heavy (non-hydrogen) atoms. The monoisotopic (exact) mass is 405 g/mol. The molecule has 0 unspecified atom stereocenters. The van der Waals surface area contributed by atoms with Crippen LogP contribution in [0.4, 0.5) is 18.9 Å². The molecule has 0 aliphatic rings. The van der Waals surface area contributed by atoms with Gasteiger partial charge in [0.05, 0.1) is 18.9 Å². The van der Waals surface area contributed by atoms with Gasteiger partial charge in [-0.3, -0.25) is 4.79 Å². The molecule has 0 aliphatic carbocycles. The van der Waals surface area contributed by atoms with E-state index in [9.17, 15) is 18.0 Å². The molecule has 2 aromatic heterocycles. The smallest absolute Gasteiger partial charge is 0.434 e. The molecular weight excluding hydrogens is 387 g/mol. The Kier molecular flexibility index (Phi) is 5.53. The summed E-state index contributed by atoms with van der Waals surface area (Å²) in [5.74, 6) is -0.696. The number of carbonyl (C=O) groups is 1. The first kappa shape index (κ1) is 20.3. The Morgan fingerprint density at radius 3 is 2.31 bits per heavy atom. The third kappa shape index (κ3) is 4.36. The topological polar surface area (TPSA) is 81.9 Å². The molecule has 0 fully saturated rings. The maximum absolute atomic E-state index is 13.7. The number of anilines is 1. The summed E-state index contributed by atoms with van der Waals surface area (Å²) in [6.45, 7) is 4.03. The van der Waals surface area contributed by atoms with E-state index in [1.54, 1.807) is 24.3 Å². The first-order chi connectivity index (χ1) is 13.7. The third-order valence-electron chi connectivity index (χ3n) is 4.17. The number of hydrogen-bond acceptors (Lipinski definition) is 5. The quantitative estimate of drug-likeness (QED) is 0.692. The number of nitrogens with zero attached hydrogens (tertiary/aromatic N) is 4. The minimum absolute atomic E-state index is 0.136. The molecule has 1 N–H and O–H groups in total. The van der Waals surface area contributed by atoms with Gasteiger partial charge in [0, 0.05) is 11.8 Å². The van der Waals surface area contributed by atoms with E-state index in [1.807, 2.05) is 13.8 Å². The molecule has 0 aliphatic heterocycles. The standard InChI is InChI=1S/C19H18F3N5O2/c1-11(2)12-4-6-13(7-5-12)24-18(28)14-10-23-27(17(14)19(20,21)22)15-8-9-16(29-3)26-25-15/h4-11H,1-3H3,(H,24,28). The molecule has 1 amide bonds. The minimum atomic E-state index is -4.84. The summed E-state index contributed by atoms with van der Waals surface area (Å²) < 4.78 is 46.5. The van der Waals surface area contributed by atoms with Crippen LogP contribution in [-0.4, -0.2) is 33.0 Å². The molecule has 3 rings (SSSR count). The fourth-order valence-electron chi connectivity index (χ4n) is 2.65. The van der Waals surface area contributed by atoms with E-state index in [0.717, 1.165) is 11.8 Å². The second-order valence-electron chi connectivity index (χ2n) is 6.48. The third-order valence-corrected chi connectivity index (χ3v) is 4.17.